The molecule has 4 nitrogen and oxygen atoms in total. The Balaban J connectivity index is 1.82. The highest BCUT2D eigenvalue weighted by Gasteiger charge is 2.06. The first-order valence-corrected chi connectivity index (χ1v) is 6.57. The molecule has 2 aromatic rings. The quantitative estimate of drug-likeness (QED) is 0.920. The van der Waals surface area contributed by atoms with E-state index in [1.807, 2.05) is 37.3 Å². The molecule has 0 atom stereocenters. The SMILES string of the molecule is Cc1cccnc1NC(=O)COCc1ccccc1Cl. The number of anilines is 1. The zero-order chi connectivity index (χ0) is 14.4. The number of benzene rings is 1. The molecular weight excluding hydrogens is 276 g/mol. The second-order valence-corrected chi connectivity index (χ2v) is 4.71. The van der Waals surface area contributed by atoms with E-state index < -0.39 is 0 Å². The van der Waals surface area contributed by atoms with Crippen LogP contribution >= 0.6 is 11.6 Å². The number of nitrogens with zero attached hydrogens (tertiary/aromatic N) is 1. The fourth-order valence-corrected chi connectivity index (χ4v) is 1.84. The van der Waals surface area contributed by atoms with Crippen LogP contribution in [0, 0.1) is 6.92 Å². The van der Waals surface area contributed by atoms with Gasteiger partial charge in [-0.2, -0.15) is 0 Å². The van der Waals surface area contributed by atoms with Gasteiger partial charge in [0, 0.05) is 11.2 Å². The summed E-state index contributed by atoms with van der Waals surface area (Å²) in [6.45, 7) is 2.14. The number of halogens is 1. The van der Waals surface area contributed by atoms with Gasteiger partial charge in [-0.3, -0.25) is 4.79 Å². The monoisotopic (exact) mass is 290 g/mol. The molecule has 0 bridgehead atoms. The Morgan fingerprint density at radius 1 is 1.30 bits per heavy atom. The Hall–Kier alpha value is -1.91. The van der Waals surface area contributed by atoms with E-state index in [-0.39, 0.29) is 12.5 Å². The van der Waals surface area contributed by atoms with E-state index in [1.54, 1.807) is 12.3 Å². The fraction of sp³-hybridized carbons (Fsp3) is 0.200. The fourth-order valence-electron chi connectivity index (χ4n) is 1.65. The minimum absolute atomic E-state index is 0.0404. The molecule has 0 aliphatic rings. The molecule has 0 spiro atoms. The number of amides is 1. The van der Waals surface area contributed by atoms with Crippen LogP contribution in [0.25, 0.3) is 0 Å². The second kappa shape index (κ2) is 7.03. The minimum Gasteiger partial charge on any atom is -0.367 e. The summed E-state index contributed by atoms with van der Waals surface area (Å²) < 4.78 is 5.35. The van der Waals surface area contributed by atoms with Crippen LogP contribution in [-0.4, -0.2) is 17.5 Å². The van der Waals surface area contributed by atoms with Gasteiger partial charge in [0.2, 0.25) is 0 Å². The maximum Gasteiger partial charge on any atom is 0.251 e. The van der Waals surface area contributed by atoms with Crippen molar-refractivity contribution in [3.05, 3.63) is 58.7 Å². The number of ether oxygens (including phenoxy) is 1. The van der Waals surface area contributed by atoms with E-state index >= 15 is 0 Å². The van der Waals surface area contributed by atoms with Crippen LogP contribution in [0.4, 0.5) is 5.82 Å². The van der Waals surface area contributed by atoms with Gasteiger partial charge in [-0.05, 0) is 30.2 Å². The molecule has 0 aliphatic heterocycles. The van der Waals surface area contributed by atoms with E-state index in [1.165, 1.54) is 0 Å². The molecule has 0 fully saturated rings. The van der Waals surface area contributed by atoms with Crippen molar-refractivity contribution in [3.8, 4) is 0 Å². The molecule has 2 rings (SSSR count). The zero-order valence-corrected chi connectivity index (χ0v) is 11.9. The summed E-state index contributed by atoms with van der Waals surface area (Å²) in [6, 6.07) is 11.1. The van der Waals surface area contributed by atoms with Gasteiger partial charge < -0.3 is 10.1 Å². The van der Waals surface area contributed by atoms with Crippen molar-refractivity contribution in [2.24, 2.45) is 0 Å². The Morgan fingerprint density at radius 2 is 2.10 bits per heavy atom. The molecule has 0 unspecified atom stereocenters. The molecular formula is C15H15ClN2O2. The van der Waals surface area contributed by atoms with Gasteiger partial charge in [-0.25, -0.2) is 4.98 Å². The van der Waals surface area contributed by atoms with Crippen molar-refractivity contribution < 1.29 is 9.53 Å². The first kappa shape index (κ1) is 14.5. The number of rotatable bonds is 5. The molecule has 5 heteroatoms. The number of carbonyl (C=O) groups excluding carboxylic acids is 1. The Morgan fingerprint density at radius 3 is 2.85 bits per heavy atom. The topological polar surface area (TPSA) is 51.2 Å². The van der Waals surface area contributed by atoms with Gasteiger partial charge in [0.1, 0.15) is 12.4 Å². The lowest BCUT2D eigenvalue weighted by atomic mass is 10.2. The van der Waals surface area contributed by atoms with E-state index in [0.29, 0.717) is 17.4 Å². The largest absolute Gasteiger partial charge is 0.367 e. The molecule has 1 aromatic carbocycles. The van der Waals surface area contributed by atoms with Crippen molar-refractivity contribution in [1.29, 1.82) is 0 Å². The van der Waals surface area contributed by atoms with Gasteiger partial charge in [-0.1, -0.05) is 35.9 Å². The minimum atomic E-state index is -0.237. The summed E-state index contributed by atoms with van der Waals surface area (Å²) >= 11 is 6.00. The molecule has 1 aromatic heterocycles. The summed E-state index contributed by atoms with van der Waals surface area (Å²) in [5.74, 6) is 0.317. The lowest BCUT2D eigenvalue weighted by Gasteiger charge is -2.08. The highest BCUT2D eigenvalue weighted by molar-refractivity contribution is 6.31. The summed E-state index contributed by atoms with van der Waals surface area (Å²) in [5.41, 5.74) is 1.77. The van der Waals surface area contributed by atoms with Crippen LogP contribution in [0.2, 0.25) is 5.02 Å². The molecule has 1 amide bonds. The van der Waals surface area contributed by atoms with E-state index in [4.69, 9.17) is 16.3 Å². The van der Waals surface area contributed by atoms with Crippen molar-refractivity contribution in [3.63, 3.8) is 0 Å². The van der Waals surface area contributed by atoms with E-state index in [0.717, 1.165) is 11.1 Å². The molecule has 1 heterocycles. The maximum absolute atomic E-state index is 11.7. The average Bonchev–Trinajstić information content (AvgIpc) is 2.43. The zero-order valence-electron chi connectivity index (χ0n) is 11.1. The number of pyridine rings is 1. The third-order valence-electron chi connectivity index (χ3n) is 2.72. The van der Waals surface area contributed by atoms with Crippen LogP contribution < -0.4 is 5.32 Å². The number of hydrogen-bond acceptors (Lipinski definition) is 3. The van der Waals surface area contributed by atoms with Gasteiger partial charge in [0.25, 0.3) is 5.91 Å². The summed E-state index contributed by atoms with van der Waals surface area (Å²) in [4.78, 5) is 15.8. The molecule has 1 N–H and O–H groups in total. The molecule has 0 radical (unpaired) electrons. The number of carbonyl (C=O) groups is 1. The third kappa shape index (κ3) is 4.05. The predicted molar refractivity (Wildman–Crippen MR) is 78.7 cm³/mol. The Bertz CT molecular complexity index is 602. The standard InChI is InChI=1S/C15H15ClN2O2/c1-11-5-4-8-17-15(11)18-14(19)10-20-9-12-6-2-3-7-13(12)16/h2-8H,9-10H2,1H3,(H,17,18,19). The molecule has 20 heavy (non-hydrogen) atoms. The summed E-state index contributed by atoms with van der Waals surface area (Å²) in [6.07, 6.45) is 1.63. The average molecular weight is 291 g/mol. The second-order valence-electron chi connectivity index (χ2n) is 4.30. The van der Waals surface area contributed by atoms with Crippen molar-refractivity contribution in [2.45, 2.75) is 13.5 Å². The number of aromatic nitrogens is 1. The number of aryl methyl sites for hydroxylation is 1. The van der Waals surface area contributed by atoms with E-state index in [2.05, 4.69) is 10.3 Å². The third-order valence-corrected chi connectivity index (χ3v) is 3.08. The van der Waals surface area contributed by atoms with Crippen LogP contribution in [0.5, 0.6) is 0 Å². The van der Waals surface area contributed by atoms with Crippen LogP contribution in [0.1, 0.15) is 11.1 Å². The first-order valence-electron chi connectivity index (χ1n) is 6.19. The van der Waals surface area contributed by atoms with Crippen molar-refractivity contribution in [1.82, 2.24) is 4.98 Å². The highest BCUT2D eigenvalue weighted by atomic mass is 35.5. The maximum atomic E-state index is 11.7. The molecule has 0 aliphatic carbocycles. The van der Waals surface area contributed by atoms with Gasteiger partial charge in [-0.15, -0.1) is 0 Å². The van der Waals surface area contributed by atoms with Crippen molar-refractivity contribution in [2.75, 3.05) is 11.9 Å². The van der Waals surface area contributed by atoms with Crippen LogP contribution in [0.15, 0.2) is 42.6 Å². The smallest absolute Gasteiger partial charge is 0.251 e. The first-order chi connectivity index (χ1) is 9.66. The normalized spacial score (nSPS) is 10.3. The molecule has 104 valence electrons. The Kier molecular flexibility index (Phi) is 5.09. The molecule has 0 saturated heterocycles. The van der Waals surface area contributed by atoms with E-state index in [9.17, 15) is 4.79 Å². The van der Waals surface area contributed by atoms with Crippen molar-refractivity contribution >= 4 is 23.3 Å². The number of hydrogen-bond donors (Lipinski definition) is 1. The van der Waals surface area contributed by atoms with Crippen LogP contribution in [-0.2, 0) is 16.1 Å². The Labute approximate surface area is 122 Å². The number of nitrogens with one attached hydrogen (secondary N) is 1. The lowest BCUT2D eigenvalue weighted by molar-refractivity contribution is -0.121. The van der Waals surface area contributed by atoms with Gasteiger partial charge in [0.05, 0.1) is 6.61 Å². The summed E-state index contributed by atoms with van der Waals surface area (Å²) in [5, 5.41) is 3.34. The molecule has 0 saturated carbocycles. The predicted octanol–water partition coefficient (Wildman–Crippen LogP) is 3.20. The van der Waals surface area contributed by atoms with Gasteiger partial charge in [0.15, 0.2) is 0 Å². The summed E-state index contributed by atoms with van der Waals surface area (Å²) in [7, 11) is 0. The van der Waals surface area contributed by atoms with Gasteiger partial charge >= 0.3 is 0 Å². The lowest BCUT2D eigenvalue weighted by Crippen LogP contribution is -2.19. The van der Waals surface area contributed by atoms with Crippen LogP contribution in [0.3, 0.4) is 0 Å². The highest BCUT2D eigenvalue weighted by Crippen LogP contribution is 2.15.